The van der Waals surface area contributed by atoms with Crippen molar-refractivity contribution in [1.82, 2.24) is 14.8 Å². The van der Waals surface area contributed by atoms with Gasteiger partial charge in [-0.1, -0.05) is 13.3 Å². The second kappa shape index (κ2) is 5.50. The maximum atomic E-state index is 14.0. The number of hydrogen-bond acceptors (Lipinski definition) is 2. The van der Waals surface area contributed by atoms with Gasteiger partial charge in [0.05, 0.1) is 5.56 Å². The Morgan fingerprint density at radius 3 is 2.62 bits per heavy atom. The highest BCUT2D eigenvalue weighted by Gasteiger charge is 2.30. The van der Waals surface area contributed by atoms with E-state index in [4.69, 9.17) is 0 Å². The molecule has 21 heavy (non-hydrogen) atoms. The first-order valence-electron chi connectivity index (χ1n) is 7.20. The van der Waals surface area contributed by atoms with Crippen molar-refractivity contribution >= 4 is 0 Å². The van der Waals surface area contributed by atoms with Crippen LogP contribution in [-0.4, -0.2) is 14.8 Å². The number of benzene rings is 1. The van der Waals surface area contributed by atoms with Crippen LogP contribution in [-0.2, 0) is 6.54 Å². The number of aromatic nitrogens is 3. The predicted octanol–water partition coefficient (Wildman–Crippen LogP) is 4.04. The van der Waals surface area contributed by atoms with Crippen molar-refractivity contribution in [3.8, 4) is 11.4 Å². The van der Waals surface area contributed by atoms with Gasteiger partial charge < -0.3 is 0 Å². The summed E-state index contributed by atoms with van der Waals surface area (Å²) in [6, 6.07) is 2.14. The molecule has 3 rings (SSSR count). The number of hydrogen-bond donors (Lipinski definition) is 0. The molecule has 1 aliphatic carbocycles. The molecule has 1 aliphatic rings. The lowest BCUT2D eigenvalue weighted by Gasteiger charge is -2.06. The lowest BCUT2D eigenvalue weighted by Crippen LogP contribution is -2.05. The van der Waals surface area contributed by atoms with Crippen LogP contribution in [0.25, 0.3) is 11.4 Å². The topological polar surface area (TPSA) is 30.7 Å². The molecule has 0 amide bonds. The molecular formula is C15H16F3N3. The minimum Gasteiger partial charge on any atom is -0.245 e. The van der Waals surface area contributed by atoms with Crippen molar-refractivity contribution in [2.24, 2.45) is 0 Å². The third kappa shape index (κ3) is 2.66. The highest BCUT2D eigenvalue weighted by molar-refractivity contribution is 5.56. The number of unbranched alkanes of at least 4 members (excludes halogenated alkanes) is 1. The van der Waals surface area contributed by atoms with Gasteiger partial charge in [0.2, 0.25) is 0 Å². The Hall–Kier alpha value is -1.85. The summed E-state index contributed by atoms with van der Waals surface area (Å²) >= 11 is 0. The van der Waals surface area contributed by atoms with Crippen LogP contribution in [0.5, 0.6) is 0 Å². The molecule has 0 spiro atoms. The van der Waals surface area contributed by atoms with E-state index in [-0.39, 0.29) is 11.4 Å². The molecule has 0 N–H and O–H groups in total. The third-order valence-electron chi connectivity index (χ3n) is 3.63. The Morgan fingerprint density at radius 1 is 1.19 bits per heavy atom. The molecule has 2 aromatic rings. The zero-order chi connectivity index (χ0) is 15.0. The van der Waals surface area contributed by atoms with E-state index in [9.17, 15) is 13.2 Å². The summed E-state index contributed by atoms with van der Waals surface area (Å²) in [5.74, 6) is -2.60. The first kappa shape index (κ1) is 14.1. The number of halogens is 3. The summed E-state index contributed by atoms with van der Waals surface area (Å²) in [5.41, 5.74) is -0.0376. The van der Waals surface area contributed by atoms with Crippen LogP contribution in [0, 0.1) is 17.5 Å². The summed E-state index contributed by atoms with van der Waals surface area (Å²) in [5, 5.41) is 4.40. The Kier molecular flexibility index (Phi) is 3.69. The Balaban J connectivity index is 2.05. The number of aryl methyl sites for hydroxylation is 1. The van der Waals surface area contributed by atoms with Gasteiger partial charge in [-0.15, -0.1) is 0 Å². The molecule has 0 aliphatic heterocycles. The van der Waals surface area contributed by atoms with E-state index >= 15 is 0 Å². The first-order valence-corrected chi connectivity index (χ1v) is 7.20. The number of rotatable bonds is 5. The van der Waals surface area contributed by atoms with E-state index in [1.807, 2.05) is 6.92 Å². The van der Waals surface area contributed by atoms with Crippen LogP contribution in [0.15, 0.2) is 12.1 Å². The zero-order valence-corrected chi connectivity index (χ0v) is 11.7. The fourth-order valence-electron chi connectivity index (χ4n) is 2.24. The van der Waals surface area contributed by atoms with Gasteiger partial charge in [0.1, 0.15) is 0 Å². The van der Waals surface area contributed by atoms with Crippen LogP contribution in [0.1, 0.15) is 44.3 Å². The highest BCUT2D eigenvalue weighted by Crippen LogP contribution is 2.39. The van der Waals surface area contributed by atoms with E-state index < -0.39 is 17.5 Å². The smallest absolute Gasteiger partial charge is 0.195 e. The van der Waals surface area contributed by atoms with Crippen LogP contribution in [0.4, 0.5) is 13.2 Å². The van der Waals surface area contributed by atoms with Crippen molar-refractivity contribution in [3.05, 3.63) is 35.4 Å². The molecule has 3 nitrogen and oxygen atoms in total. The quantitative estimate of drug-likeness (QED) is 0.779. The second-order valence-corrected chi connectivity index (χ2v) is 5.37. The molecule has 0 bridgehead atoms. The molecule has 0 saturated heterocycles. The summed E-state index contributed by atoms with van der Waals surface area (Å²) in [6.07, 6.45) is 3.87. The molecule has 1 saturated carbocycles. The van der Waals surface area contributed by atoms with Crippen molar-refractivity contribution in [1.29, 1.82) is 0 Å². The van der Waals surface area contributed by atoms with E-state index in [0.29, 0.717) is 18.3 Å². The van der Waals surface area contributed by atoms with E-state index in [2.05, 4.69) is 10.1 Å². The van der Waals surface area contributed by atoms with Crippen molar-refractivity contribution in [3.63, 3.8) is 0 Å². The van der Waals surface area contributed by atoms with E-state index in [1.54, 1.807) is 4.68 Å². The summed E-state index contributed by atoms with van der Waals surface area (Å²) in [4.78, 5) is 4.35. The van der Waals surface area contributed by atoms with Gasteiger partial charge in [-0.2, -0.15) is 5.10 Å². The molecule has 0 unspecified atom stereocenters. The molecule has 1 aromatic carbocycles. The largest absolute Gasteiger partial charge is 0.245 e. The normalized spacial score (nSPS) is 14.7. The molecule has 112 valence electrons. The average molecular weight is 295 g/mol. The maximum Gasteiger partial charge on any atom is 0.195 e. The molecule has 1 fully saturated rings. The van der Waals surface area contributed by atoms with Crippen LogP contribution >= 0.6 is 0 Å². The van der Waals surface area contributed by atoms with Gasteiger partial charge in [-0.25, -0.2) is 22.8 Å². The second-order valence-electron chi connectivity index (χ2n) is 5.37. The molecule has 6 heteroatoms. The fourth-order valence-corrected chi connectivity index (χ4v) is 2.24. The first-order chi connectivity index (χ1) is 10.1. The highest BCUT2D eigenvalue weighted by atomic mass is 19.2. The minimum atomic E-state index is -1.47. The van der Waals surface area contributed by atoms with Gasteiger partial charge in [-0.3, -0.25) is 0 Å². The lowest BCUT2D eigenvalue weighted by molar-refractivity contribution is 0.447. The molecular weight excluding hydrogens is 279 g/mol. The van der Waals surface area contributed by atoms with Gasteiger partial charge in [0, 0.05) is 12.5 Å². The zero-order valence-electron chi connectivity index (χ0n) is 11.7. The number of nitrogens with zero attached hydrogens (tertiary/aromatic N) is 3. The van der Waals surface area contributed by atoms with Crippen molar-refractivity contribution < 1.29 is 13.2 Å². The van der Waals surface area contributed by atoms with Gasteiger partial charge in [0.25, 0.3) is 0 Å². The third-order valence-corrected chi connectivity index (χ3v) is 3.63. The SMILES string of the molecule is CCCCn1nc(C2CC2)nc1-c1ccc(F)c(F)c1F. The molecule has 1 heterocycles. The Labute approximate surface area is 120 Å². The molecule has 0 radical (unpaired) electrons. The van der Waals surface area contributed by atoms with E-state index in [0.717, 1.165) is 31.7 Å². The molecule has 1 aromatic heterocycles. The van der Waals surface area contributed by atoms with Crippen LogP contribution in [0.2, 0.25) is 0 Å². The average Bonchev–Trinajstić information content (AvgIpc) is 3.24. The maximum absolute atomic E-state index is 14.0. The monoisotopic (exact) mass is 295 g/mol. The summed E-state index contributed by atoms with van der Waals surface area (Å²) in [6.45, 7) is 2.63. The fraction of sp³-hybridized carbons (Fsp3) is 0.467. The van der Waals surface area contributed by atoms with Gasteiger partial charge >= 0.3 is 0 Å². The molecule has 0 atom stereocenters. The van der Waals surface area contributed by atoms with Crippen LogP contribution < -0.4 is 0 Å². The van der Waals surface area contributed by atoms with Crippen LogP contribution in [0.3, 0.4) is 0 Å². The minimum absolute atomic E-state index is 0.0376. The summed E-state index contributed by atoms with van der Waals surface area (Å²) < 4.78 is 42.1. The summed E-state index contributed by atoms with van der Waals surface area (Å²) in [7, 11) is 0. The van der Waals surface area contributed by atoms with Crippen molar-refractivity contribution in [2.45, 2.75) is 45.1 Å². The standard InChI is InChI=1S/C15H16F3N3/c1-2-3-8-21-15(19-14(20-21)9-4-5-9)10-6-7-11(16)13(18)12(10)17/h6-7,9H,2-5,8H2,1H3. The van der Waals surface area contributed by atoms with Crippen molar-refractivity contribution in [2.75, 3.05) is 0 Å². The van der Waals surface area contributed by atoms with E-state index in [1.165, 1.54) is 6.07 Å². The van der Waals surface area contributed by atoms with Gasteiger partial charge in [-0.05, 0) is 31.4 Å². The predicted molar refractivity (Wildman–Crippen MR) is 72.2 cm³/mol. The lowest BCUT2D eigenvalue weighted by atomic mass is 10.2. The van der Waals surface area contributed by atoms with Gasteiger partial charge in [0.15, 0.2) is 29.1 Å². The Morgan fingerprint density at radius 2 is 1.95 bits per heavy atom. The Bertz CT molecular complexity index is 662.